The molecule has 3 fully saturated rings. The van der Waals surface area contributed by atoms with E-state index in [-0.39, 0.29) is 50.5 Å². The van der Waals surface area contributed by atoms with Crippen molar-refractivity contribution in [1.29, 1.82) is 0 Å². The van der Waals surface area contributed by atoms with E-state index in [1.807, 2.05) is 38.1 Å². The molecule has 3 amide bonds. The molecular weight excluding hydrogens is 592 g/mol. The maximum Gasteiger partial charge on any atom is 0.312 e. The fourth-order valence-corrected chi connectivity index (χ4v) is 7.24. The van der Waals surface area contributed by atoms with Gasteiger partial charge in [0.25, 0.3) is 0 Å². The summed E-state index contributed by atoms with van der Waals surface area (Å²) in [5, 5.41) is 21.7. The van der Waals surface area contributed by atoms with Crippen LogP contribution in [-0.2, 0) is 35.3 Å². The van der Waals surface area contributed by atoms with Crippen molar-refractivity contribution in [2.75, 3.05) is 19.7 Å². The molecule has 2 bridgehead atoms. The molecule has 3 saturated heterocycles. The van der Waals surface area contributed by atoms with Crippen LogP contribution in [0.3, 0.4) is 0 Å². The van der Waals surface area contributed by atoms with Crippen molar-refractivity contribution >= 4 is 34.7 Å². The zero-order chi connectivity index (χ0) is 33.2. The van der Waals surface area contributed by atoms with Crippen LogP contribution in [0.4, 0.5) is 0 Å². The summed E-state index contributed by atoms with van der Waals surface area (Å²) in [5.41, 5.74) is 0.133. The molecule has 46 heavy (non-hydrogen) atoms. The number of rotatable bonds is 15. The highest BCUT2D eigenvalue weighted by molar-refractivity contribution is 5.98. The van der Waals surface area contributed by atoms with Crippen LogP contribution in [0.2, 0.25) is 0 Å². The minimum absolute atomic E-state index is 0.0427. The van der Waals surface area contributed by atoms with Crippen molar-refractivity contribution in [3.63, 3.8) is 0 Å². The minimum Gasteiger partial charge on any atom is -0.460 e. The number of hydrogen-bond donors (Lipinski definition) is 2. The Morgan fingerprint density at radius 2 is 2.00 bits per heavy atom. The van der Waals surface area contributed by atoms with E-state index in [2.05, 4.69) is 28.8 Å². The number of nitrogens with zero attached hydrogens (tertiary/aromatic N) is 5. The van der Waals surface area contributed by atoms with Crippen molar-refractivity contribution in [1.82, 2.24) is 30.1 Å². The molecule has 5 rings (SSSR count). The van der Waals surface area contributed by atoms with E-state index in [0.717, 1.165) is 5.52 Å². The highest BCUT2D eigenvalue weighted by Gasteiger charge is 2.75. The lowest BCUT2D eigenvalue weighted by Gasteiger charge is -2.40. The van der Waals surface area contributed by atoms with E-state index in [0.29, 0.717) is 24.8 Å². The van der Waals surface area contributed by atoms with Gasteiger partial charge in [-0.25, -0.2) is 4.68 Å². The van der Waals surface area contributed by atoms with E-state index < -0.39 is 53.6 Å². The Morgan fingerprint density at radius 3 is 2.70 bits per heavy atom. The van der Waals surface area contributed by atoms with Crippen LogP contribution in [0.25, 0.3) is 11.0 Å². The molecule has 13 heteroatoms. The molecule has 0 saturated carbocycles. The average molecular weight is 637 g/mol. The molecular formula is C33H44N6O7. The molecule has 0 aliphatic carbocycles. The number of likely N-dealkylation sites (tertiary alicyclic amines) is 1. The minimum atomic E-state index is -1.28. The van der Waals surface area contributed by atoms with Crippen LogP contribution in [0.15, 0.2) is 49.6 Å². The van der Waals surface area contributed by atoms with Gasteiger partial charge in [-0.3, -0.25) is 19.2 Å². The Morgan fingerprint density at radius 1 is 1.24 bits per heavy atom. The number of amides is 3. The van der Waals surface area contributed by atoms with E-state index in [9.17, 15) is 24.3 Å². The van der Waals surface area contributed by atoms with Crippen LogP contribution in [0.5, 0.6) is 0 Å². The molecule has 3 aliphatic rings. The summed E-state index contributed by atoms with van der Waals surface area (Å²) in [6.07, 6.45) is 3.68. The van der Waals surface area contributed by atoms with Crippen molar-refractivity contribution in [2.45, 2.75) is 83.0 Å². The van der Waals surface area contributed by atoms with Crippen molar-refractivity contribution < 1.29 is 33.8 Å². The number of nitrogens with one attached hydrogen (secondary N) is 1. The quantitative estimate of drug-likeness (QED) is 0.220. The van der Waals surface area contributed by atoms with Crippen LogP contribution in [0, 0.1) is 17.8 Å². The van der Waals surface area contributed by atoms with Crippen molar-refractivity contribution in [2.24, 2.45) is 17.8 Å². The van der Waals surface area contributed by atoms with Gasteiger partial charge in [0.05, 0.1) is 42.6 Å². The molecule has 7 atom stereocenters. The maximum absolute atomic E-state index is 14.7. The van der Waals surface area contributed by atoms with Gasteiger partial charge in [0.2, 0.25) is 17.7 Å². The first-order valence-corrected chi connectivity index (χ1v) is 15.9. The first-order valence-electron chi connectivity index (χ1n) is 15.9. The highest BCUT2D eigenvalue weighted by atomic mass is 16.6. The van der Waals surface area contributed by atoms with E-state index in [1.54, 1.807) is 28.7 Å². The molecule has 3 aliphatic heterocycles. The molecule has 0 unspecified atom stereocenters. The van der Waals surface area contributed by atoms with Gasteiger partial charge in [0, 0.05) is 13.0 Å². The molecule has 0 radical (unpaired) electrons. The number of para-hydroxylation sites is 1. The maximum atomic E-state index is 14.7. The van der Waals surface area contributed by atoms with Crippen LogP contribution >= 0.6 is 0 Å². The van der Waals surface area contributed by atoms with Gasteiger partial charge in [-0.15, -0.1) is 18.3 Å². The third-order valence-corrected chi connectivity index (χ3v) is 9.42. The lowest BCUT2D eigenvalue weighted by molar-refractivity contribution is -0.160. The number of ether oxygens (including phenoxy) is 2. The number of hydrogen-bond acceptors (Lipinski definition) is 9. The summed E-state index contributed by atoms with van der Waals surface area (Å²) in [7, 11) is 0. The second-order valence-electron chi connectivity index (χ2n) is 12.7. The van der Waals surface area contributed by atoms with Crippen LogP contribution in [0.1, 0.15) is 46.5 Å². The largest absolute Gasteiger partial charge is 0.460 e. The standard InChI is InChI=1S/C33H44N6O7/c1-6-8-13-26(41)34-17-21(5)45-32(44)27-25-14-15-33(46-25)28(27)30(42)39(24(18-40)20(3)4)29(33)31(43)37(16-7-2)19-38-23-12-10-9-11-22(23)35-36-38/h6-7,9-12,20-21,24-25,27-29,40H,1-2,8,13-19H2,3-5H3,(H,34,41)/t21-,24+,25-,27+,28+,29-,33+/m1/s1. The Labute approximate surface area is 268 Å². The number of carbonyl (C=O) groups is 4. The number of esters is 1. The molecule has 1 aromatic carbocycles. The third kappa shape index (κ3) is 5.93. The number of benzene rings is 1. The van der Waals surface area contributed by atoms with Gasteiger partial charge >= 0.3 is 5.97 Å². The van der Waals surface area contributed by atoms with Crippen LogP contribution in [-0.4, -0.2) is 103 Å². The summed E-state index contributed by atoms with van der Waals surface area (Å²) in [6, 6.07) is 5.62. The van der Waals surface area contributed by atoms with Gasteiger partial charge in [0.1, 0.15) is 29.9 Å². The average Bonchev–Trinajstić information content (AvgIpc) is 3.78. The zero-order valence-electron chi connectivity index (χ0n) is 26.7. The third-order valence-electron chi connectivity index (χ3n) is 9.42. The number of aliphatic hydroxyl groups is 1. The highest BCUT2D eigenvalue weighted by Crippen LogP contribution is 2.59. The van der Waals surface area contributed by atoms with Gasteiger partial charge in [-0.1, -0.05) is 43.3 Å². The second kappa shape index (κ2) is 13.7. The normalized spacial score (nSPS) is 26.2. The fourth-order valence-electron chi connectivity index (χ4n) is 7.24. The second-order valence-corrected chi connectivity index (χ2v) is 12.7. The van der Waals surface area contributed by atoms with E-state index >= 15 is 0 Å². The Bertz CT molecular complexity index is 1490. The van der Waals surface area contributed by atoms with E-state index in [4.69, 9.17) is 9.47 Å². The van der Waals surface area contributed by atoms with Gasteiger partial charge in [-0.2, -0.15) is 0 Å². The molecule has 4 heterocycles. The van der Waals surface area contributed by atoms with Gasteiger partial charge in [-0.05, 0) is 44.2 Å². The number of aromatic nitrogens is 3. The molecule has 1 spiro atoms. The molecule has 248 valence electrons. The summed E-state index contributed by atoms with van der Waals surface area (Å²) < 4.78 is 13.9. The van der Waals surface area contributed by atoms with Crippen LogP contribution < -0.4 is 5.32 Å². The lowest BCUT2D eigenvalue weighted by atomic mass is 9.70. The Hall–Kier alpha value is -4.10. The number of carbonyl (C=O) groups excluding carboxylic acids is 4. The van der Waals surface area contributed by atoms with Crippen molar-refractivity contribution in [3.05, 3.63) is 49.6 Å². The SMILES string of the molecule is C=CCCC(=O)NC[C@@H](C)OC(=O)[C@@H]1[C@H]2C(=O)N([C@@H](CO)C(C)C)[C@H](C(=O)N(CC=C)Cn3nnc4ccccc43)[C@]23CC[C@H]1O3. The molecule has 1 aromatic heterocycles. The number of fused-ring (bicyclic) bond motifs is 2. The predicted molar refractivity (Wildman–Crippen MR) is 168 cm³/mol. The summed E-state index contributed by atoms with van der Waals surface area (Å²) in [6.45, 7) is 12.8. The first kappa shape index (κ1) is 33.3. The first-order chi connectivity index (χ1) is 22.1. The van der Waals surface area contributed by atoms with Crippen molar-refractivity contribution in [3.8, 4) is 0 Å². The lowest BCUT2D eigenvalue weighted by Crippen LogP contribution is -2.59. The summed E-state index contributed by atoms with van der Waals surface area (Å²) in [5.74, 6) is -3.68. The predicted octanol–water partition coefficient (Wildman–Crippen LogP) is 1.81. The monoisotopic (exact) mass is 636 g/mol. The topological polar surface area (TPSA) is 156 Å². The smallest absolute Gasteiger partial charge is 0.312 e. The Kier molecular flexibility index (Phi) is 9.92. The summed E-state index contributed by atoms with van der Waals surface area (Å²) in [4.78, 5) is 57.9. The van der Waals surface area contributed by atoms with Gasteiger partial charge < -0.3 is 29.7 Å². The zero-order valence-corrected chi connectivity index (χ0v) is 26.7. The molecule has 2 N–H and O–H groups in total. The van der Waals surface area contributed by atoms with E-state index in [1.165, 1.54) is 4.90 Å². The Balaban J connectivity index is 1.44. The fraction of sp³-hybridized carbons (Fsp3) is 0.576. The molecule has 2 aromatic rings. The molecule has 13 nitrogen and oxygen atoms in total. The number of aliphatic hydroxyl groups excluding tert-OH is 1. The van der Waals surface area contributed by atoms with Gasteiger partial charge in [0.15, 0.2) is 0 Å². The number of allylic oxidation sites excluding steroid dienone is 1. The summed E-state index contributed by atoms with van der Waals surface area (Å²) >= 11 is 0.